The molecule has 9 heteroatoms. The number of carbonyl (C=O) groups is 2. The summed E-state index contributed by atoms with van der Waals surface area (Å²) in [4.78, 5) is 27.4. The summed E-state index contributed by atoms with van der Waals surface area (Å²) >= 11 is 11.0. The van der Waals surface area contributed by atoms with Crippen molar-refractivity contribution in [2.45, 2.75) is 24.0 Å². The summed E-state index contributed by atoms with van der Waals surface area (Å²) in [5.74, 6) is 0.909. The van der Waals surface area contributed by atoms with E-state index < -0.39 is 0 Å². The van der Waals surface area contributed by atoms with Crippen molar-refractivity contribution >= 4 is 51.0 Å². The van der Waals surface area contributed by atoms with Crippen LogP contribution in [0.3, 0.4) is 0 Å². The lowest BCUT2D eigenvalue weighted by molar-refractivity contribution is 0.0727. The molecule has 160 valence electrons. The van der Waals surface area contributed by atoms with E-state index in [2.05, 4.69) is 26.1 Å². The number of aromatic nitrogens is 3. The second-order valence-corrected chi connectivity index (χ2v) is 9.52. The largest absolute Gasteiger partial charge is 0.328 e. The van der Waals surface area contributed by atoms with Gasteiger partial charge in [-0.1, -0.05) is 63.6 Å². The number of Topliss-reactive ketones (excluding diaryl/α,β-unsaturated/α-hetero) is 1. The Kier molecular flexibility index (Phi) is 6.79. The molecule has 1 saturated heterocycles. The highest BCUT2D eigenvalue weighted by Gasteiger charge is 2.34. The molecule has 0 aliphatic carbocycles. The first-order valence-corrected chi connectivity index (χ1v) is 12.0. The molecule has 2 heterocycles. The highest BCUT2D eigenvalue weighted by atomic mass is 79.9. The van der Waals surface area contributed by atoms with E-state index in [1.54, 1.807) is 24.3 Å². The lowest BCUT2D eigenvalue weighted by Crippen LogP contribution is -2.32. The van der Waals surface area contributed by atoms with E-state index in [0.29, 0.717) is 27.9 Å². The third kappa shape index (κ3) is 4.71. The Bertz CT molecular complexity index is 1120. The molecule has 2 aromatic carbocycles. The first-order chi connectivity index (χ1) is 15.0. The third-order valence-corrected chi connectivity index (χ3v) is 7.16. The fraction of sp³-hybridized carbons (Fsp3) is 0.273. The molecule has 31 heavy (non-hydrogen) atoms. The van der Waals surface area contributed by atoms with Crippen LogP contribution in [0.5, 0.6) is 0 Å². The summed E-state index contributed by atoms with van der Waals surface area (Å²) < 4.78 is 2.81. The molecule has 1 aromatic heterocycles. The lowest BCUT2D eigenvalue weighted by atomic mass is 10.1. The van der Waals surface area contributed by atoms with Gasteiger partial charge in [-0.25, -0.2) is 0 Å². The molecule has 1 amide bonds. The van der Waals surface area contributed by atoms with Gasteiger partial charge >= 0.3 is 0 Å². The molecule has 4 rings (SSSR count). The number of rotatable bonds is 6. The molecule has 3 aromatic rings. The second-order valence-electron chi connectivity index (χ2n) is 7.25. The fourth-order valence-electron chi connectivity index (χ4n) is 3.66. The molecular formula is C22H20BrClN4O2S. The van der Waals surface area contributed by atoms with Crippen LogP contribution in [0.15, 0.2) is 58.2 Å². The first kappa shape index (κ1) is 22.0. The van der Waals surface area contributed by atoms with E-state index in [-0.39, 0.29) is 23.5 Å². The first-order valence-electron chi connectivity index (χ1n) is 9.82. The van der Waals surface area contributed by atoms with E-state index in [9.17, 15) is 9.59 Å². The number of amides is 1. The molecule has 1 fully saturated rings. The molecule has 1 unspecified atom stereocenters. The summed E-state index contributed by atoms with van der Waals surface area (Å²) in [5.41, 5.74) is 1.15. The van der Waals surface area contributed by atoms with Gasteiger partial charge in [-0.3, -0.25) is 9.59 Å². The van der Waals surface area contributed by atoms with Crippen LogP contribution in [-0.4, -0.2) is 43.7 Å². The van der Waals surface area contributed by atoms with Crippen molar-refractivity contribution in [3.05, 3.63) is 75.0 Å². The van der Waals surface area contributed by atoms with Gasteiger partial charge in [-0.05, 0) is 37.1 Å². The Labute approximate surface area is 198 Å². The standard InChI is InChI=1S/C22H20BrClN4O2S/c1-27-20(18-7-4-12-28(18)21(30)16-5-2-3-6-17(16)24)25-26-22(27)31-13-19(29)14-8-10-15(23)11-9-14/h2-3,5-6,8-11,18H,4,7,12-13H2,1H3. The zero-order chi connectivity index (χ0) is 22.0. The van der Waals surface area contributed by atoms with Gasteiger partial charge in [0.15, 0.2) is 16.8 Å². The van der Waals surface area contributed by atoms with Crippen LogP contribution in [0.1, 0.15) is 45.4 Å². The second kappa shape index (κ2) is 9.54. The van der Waals surface area contributed by atoms with Gasteiger partial charge in [0.2, 0.25) is 0 Å². The number of nitrogens with zero attached hydrogens (tertiary/aromatic N) is 4. The number of hydrogen-bond donors (Lipinski definition) is 0. The highest BCUT2D eigenvalue weighted by Crippen LogP contribution is 2.34. The van der Waals surface area contributed by atoms with E-state index in [1.165, 1.54) is 11.8 Å². The predicted octanol–water partition coefficient (Wildman–Crippen LogP) is 5.18. The van der Waals surface area contributed by atoms with E-state index in [0.717, 1.165) is 23.1 Å². The molecule has 0 bridgehead atoms. The van der Waals surface area contributed by atoms with Crippen LogP contribution >= 0.6 is 39.3 Å². The van der Waals surface area contributed by atoms with Crippen molar-refractivity contribution in [2.75, 3.05) is 12.3 Å². The minimum Gasteiger partial charge on any atom is -0.328 e. The summed E-state index contributed by atoms with van der Waals surface area (Å²) in [6, 6.07) is 14.2. The zero-order valence-corrected chi connectivity index (χ0v) is 20.0. The Morgan fingerprint density at radius 2 is 1.90 bits per heavy atom. The minimum atomic E-state index is -0.169. The van der Waals surface area contributed by atoms with Crippen LogP contribution < -0.4 is 0 Å². The molecule has 1 aliphatic heterocycles. The molecular weight excluding hydrogens is 500 g/mol. The van der Waals surface area contributed by atoms with Crippen molar-refractivity contribution < 1.29 is 9.59 Å². The topological polar surface area (TPSA) is 68.1 Å². The predicted molar refractivity (Wildman–Crippen MR) is 125 cm³/mol. The smallest absolute Gasteiger partial charge is 0.255 e. The van der Waals surface area contributed by atoms with Crippen LogP contribution in [0, 0.1) is 0 Å². The Morgan fingerprint density at radius 1 is 1.16 bits per heavy atom. The van der Waals surface area contributed by atoms with Gasteiger partial charge in [0.1, 0.15) is 0 Å². The minimum absolute atomic E-state index is 0.0263. The number of thioether (sulfide) groups is 1. The van der Waals surface area contributed by atoms with Crippen molar-refractivity contribution in [1.82, 2.24) is 19.7 Å². The van der Waals surface area contributed by atoms with Gasteiger partial charge in [0.25, 0.3) is 5.91 Å². The van der Waals surface area contributed by atoms with Crippen LogP contribution in [0.2, 0.25) is 5.02 Å². The SMILES string of the molecule is Cn1c(SCC(=O)c2ccc(Br)cc2)nnc1C1CCCN1C(=O)c1ccccc1Cl. The molecule has 6 nitrogen and oxygen atoms in total. The Balaban J connectivity index is 1.48. The summed E-state index contributed by atoms with van der Waals surface area (Å²) in [6.45, 7) is 0.645. The number of likely N-dealkylation sites (tertiary alicyclic amines) is 1. The maximum Gasteiger partial charge on any atom is 0.255 e. The summed E-state index contributed by atoms with van der Waals surface area (Å²) in [6.07, 6.45) is 1.70. The number of benzene rings is 2. The highest BCUT2D eigenvalue weighted by molar-refractivity contribution is 9.10. The molecule has 0 spiro atoms. The summed E-state index contributed by atoms with van der Waals surface area (Å²) in [7, 11) is 1.87. The van der Waals surface area contributed by atoms with Crippen molar-refractivity contribution in [3.8, 4) is 0 Å². The van der Waals surface area contributed by atoms with Crippen LogP contribution in [0.25, 0.3) is 0 Å². The van der Waals surface area contributed by atoms with E-state index in [4.69, 9.17) is 11.6 Å². The van der Waals surface area contributed by atoms with Gasteiger partial charge in [-0.15, -0.1) is 10.2 Å². The average molecular weight is 520 g/mol. The van der Waals surface area contributed by atoms with Crippen LogP contribution in [-0.2, 0) is 7.05 Å². The fourth-order valence-corrected chi connectivity index (χ4v) is 4.95. The van der Waals surface area contributed by atoms with Gasteiger partial charge in [0, 0.05) is 23.6 Å². The van der Waals surface area contributed by atoms with Crippen LogP contribution in [0.4, 0.5) is 0 Å². The van der Waals surface area contributed by atoms with E-state index >= 15 is 0 Å². The van der Waals surface area contributed by atoms with Crippen molar-refractivity contribution in [3.63, 3.8) is 0 Å². The Morgan fingerprint density at radius 3 is 2.65 bits per heavy atom. The molecule has 0 N–H and O–H groups in total. The summed E-state index contributed by atoms with van der Waals surface area (Å²) in [5, 5.41) is 9.73. The van der Waals surface area contributed by atoms with Crippen molar-refractivity contribution in [2.24, 2.45) is 7.05 Å². The molecule has 0 saturated carbocycles. The van der Waals surface area contributed by atoms with Gasteiger partial charge in [-0.2, -0.15) is 0 Å². The monoisotopic (exact) mass is 518 g/mol. The number of hydrogen-bond acceptors (Lipinski definition) is 5. The zero-order valence-electron chi connectivity index (χ0n) is 16.8. The number of ketones is 1. The quantitative estimate of drug-likeness (QED) is 0.331. The normalized spacial score (nSPS) is 16.0. The molecule has 0 radical (unpaired) electrons. The van der Waals surface area contributed by atoms with Crippen molar-refractivity contribution in [1.29, 1.82) is 0 Å². The lowest BCUT2D eigenvalue weighted by Gasteiger charge is -2.24. The number of carbonyl (C=O) groups excluding carboxylic acids is 2. The maximum absolute atomic E-state index is 13.1. The Hall–Kier alpha value is -2.16. The molecule has 1 aliphatic rings. The third-order valence-electron chi connectivity index (χ3n) is 5.28. The van der Waals surface area contributed by atoms with Gasteiger partial charge in [0.05, 0.1) is 22.4 Å². The number of halogens is 2. The average Bonchev–Trinajstić information content (AvgIpc) is 3.39. The van der Waals surface area contributed by atoms with E-state index in [1.807, 2.05) is 40.8 Å². The van der Waals surface area contributed by atoms with Gasteiger partial charge < -0.3 is 9.47 Å². The molecule has 1 atom stereocenters. The maximum atomic E-state index is 13.1.